The number of nitrogens with two attached hydrogens (primary N) is 1. The van der Waals surface area contributed by atoms with Gasteiger partial charge in [0, 0.05) is 22.8 Å². The standard InChI is InChI=1S/C20H21F2N5O2S2/c1-13-2-8-16(9-3-13)30-11-10-24-17(28)12-31-20-26-25-18(27(20)23)14-4-6-15(7-5-14)29-19(21)22/h2-9,19H,10-12,23H2,1H3,(H,24,28). The molecule has 0 radical (unpaired) electrons. The topological polar surface area (TPSA) is 95.1 Å². The summed E-state index contributed by atoms with van der Waals surface area (Å²) in [4.78, 5) is 13.2. The number of nitrogen functional groups attached to an aromatic ring is 1. The fraction of sp³-hybridized carbons (Fsp3) is 0.250. The van der Waals surface area contributed by atoms with E-state index < -0.39 is 6.61 Å². The van der Waals surface area contributed by atoms with Gasteiger partial charge in [-0.15, -0.1) is 22.0 Å². The zero-order valence-electron chi connectivity index (χ0n) is 16.6. The SMILES string of the molecule is Cc1ccc(SCCNC(=O)CSc2nnc(-c3ccc(OC(F)F)cc3)n2N)cc1. The van der Waals surface area contributed by atoms with E-state index in [9.17, 15) is 13.6 Å². The van der Waals surface area contributed by atoms with Gasteiger partial charge in [0.2, 0.25) is 11.1 Å². The highest BCUT2D eigenvalue weighted by Crippen LogP contribution is 2.24. The smallest absolute Gasteiger partial charge is 0.387 e. The van der Waals surface area contributed by atoms with Crippen molar-refractivity contribution in [1.82, 2.24) is 20.2 Å². The summed E-state index contributed by atoms with van der Waals surface area (Å²) in [6, 6.07) is 14.1. The molecule has 0 aliphatic carbocycles. The summed E-state index contributed by atoms with van der Waals surface area (Å²) >= 11 is 2.83. The highest BCUT2D eigenvalue weighted by molar-refractivity contribution is 7.99. The summed E-state index contributed by atoms with van der Waals surface area (Å²) < 4.78 is 30.1. The van der Waals surface area contributed by atoms with E-state index in [0.29, 0.717) is 23.1 Å². The number of halogens is 2. The van der Waals surface area contributed by atoms with Crippen molar-refractivity contribution in [2.24, 2.45) is 0 Å². The predicted octanol–water partition coefficient (Wildman–Crippen LogP) is 3.57. The molecule has 1 aromatic heterocycles. The molecular weight excluding hydrogens is 444 g/mol. The molecule has 1 amide bonds. The van der Waals surface area contributed by atoms with Crippen LogP contribution in [-0.2, 0) is 4.79 Å². The Morgan fingerprint density at radius 1 is 1.13 bits per heavy atom. The van der Waals surface area contributed by atoms with Crippen molar-refractivity contribution in [1.29, 1.82) is 0 Å². The van der Waals surface area contributed by atoms with Crippen LogP contribution in [0.2, 0.25) is 0 Å². The van der Waals surface area contributed by atoms with Crippen molar-refractivity contribution in [3.05, 3.63) is 54.1 Å². The molecular formula is C20H21F2N5O2S2. The minimum absolute atomic E-state index is 0.0358. The first-order valence-corrected chi connectivity index (χ1v) is 11.2. The number of amides is 1. The van der Waals surface area contributed by atoms with Gasteiger partial charge in [-0.05, 0) is 43.3 Å². The van der Waals surface area contributed by atoms with E-state index in [2.05, 4.69) is 44.5 Å². The first kappa shape index (κ1) is 22.9. The van der Waals surface area contributed by atoms with Crippen LogP contribution >= 0.6 is 23.5 Å². The molecule has 11 heteroatoms. The van der Waals surface area contributed by atoms with Gasteiger partial charge in [0.1, 0.15) is 5.75 Å². The van der Waals surface area contributed by atoms with Crippen molar-refractivity contribution in [2.75, 3.05) is 23.9 Å². The number of alkyl halides is 2. The van der Waals surface area contributed by atoms with Gasteiger partial charge in [-0.2, -0.15) is 8.78 Å². The molecule has 7 nitrogen and oxygen atoms in total. The molecule has 0 atom stereocenters. The van der Waals surface area contributed by atoms with Gasteiger partial charge in [-0.25, -0.2) is 4.68 Å². The molecule has 0 saturated heterocycles. The lowest BCUT2D eigenvalue weighted by Crippen LogP contribution is -2.27. The normalized spacial score (nSPS) is 11.0. The number of aryl methyl sites for hydroxylation is 1. The van der Waals surface area contributed by atoms with Crippen molar-refractivity contribution in [2.45, 2.75) is 23.6 Å². The summed E-state index contributed by atoms with van der Waals surface area (Å²) in [5.41, 5.74) is 1.80. The number of carbonyl (C=O) groups is 1. The van der Waals surface area contributed by atoms with Gasteiger partial charge in [0.25, 0.3) is 0 Å². The number of nitrogens with zero attached hydrogens (tertiary/aromatic N) is 3. The van der Waals surface area contributed by atoms with Crippen LogP contribution in [-0.4, -0.2) is 45.4 Å². The van der Waals surface area contributed by atoms with Crippen LogP contribution in [0.5, 0.6) is 5.75 Å². The Hall–Kier alpha value is -2.79. The second kappa shape index (κ2) is 11.0. The highest BCUT2D eigenvalue weighted by atomic mass is 32.2. The largest absolute Gasteiger partial charge is 0.435 e. The average Bonchev–Trinajstić information content (AvgIpc) is 3.11. The lowest BCUT2D eigenvalue weighted by molar-refractivity contribution is -0.118. The molecule has 31 heavy (non-hydrogen) atoms. The van der Waals surface area contributed by atoms with Gasteiger partial charge in [-0.1, -0.05) is 29.5 Å². The van der Waals surface area contributed by atoms with E-state index in [-0.39, 0.29) is 17.4 Å². The summed E-state index contributed by atoms with van der Waals surface area (Å²) in [5.74, 6) is 7.18. The van der Waals surface area contributed by atoms with Gasteiger partial charge < -0.3 is 15.9 Å². The number of hydrogen-bond acceptors (Lipinski definition) is 7. The first-order chi connectivity index (χ1) is 14.9. The Bertz CT molecular complexity index is 998. The molecule has 0 fully saturated rings. The summed E-state index contributed by atoms with van der Waals surface area (Å²) in [5, 5.41) is 11.2. The Morgan fingerprint density at radius 3 is 2.52 bits per heavy atom. The van der Waals surface area contributed by atoms with Crippen molar-refractivity contribution < 1.29 is 18.3 Å². The predicted molar refractivity (Wildman–Crippen MR) is 118 cm³/mol. The van der Waals surface area contributed by atoms with Crippen molar-refractivity contribution in [3.8, 4) is 17.1 Å². The summed E-state index contributed by atoms with van der Waals surface area (Å²) in [6.07, 6.45) is 0. The summed E-state index contributed by atoms with van der Waals surface area (Å²) in [7, 11) is 0. The fourth-order valence-corrected chi connectivity index (χ4v) is 3.99. The molecule has 3 aromatic rings. The zero-order valence-corrected chi connectivity index (χ0v) is 18.3. The second-order valence-electron chi connectivity index (χ2n) is 6.38. The van der Waals surface area contributed by atoms with Crippen molar-refractivity contribution in [3.63, 3.8) is 0 Å². The van der Waals surface area contributed by atoms with Gasteiger partial charge >= 0.3 is 6.61 Å². The third kappa shape index (κ3) is 6.86. The number of ether oxygens (including phenoxy) is 1. The maximum absolute atomic E-state index is 12.2. The lowest BCUT2D eigenvalue weighted by Gasteiger charge is -2.07. The number of carbonyl (C=O) groups excluding carboxylic acids is 1. The van der Waals surface area contributed by atoms with E-state index in [0.717, 1.165) is 22.4 Å². The number of nitrogens with one attached hydrogen (secondary N) is 1. The third-order valence-electron chi connectivity index (χ3n) is 4.05. The van der Waals surface area contributed by atoms with Gasteiger partial charge in [0.05, 0.1) is 5.75 Å². The Morgan fingerprint density at radius 2 is 1.84 bits per heavy atom. The van der Waals surface area contributed by atoms with Crippen LogP contribution in [0.3, 0.4) is 0 Å². The van der Waals surface area contributed by atoms with Crippen LogP contribution < -0.4 is 15.9 Å². The molecule has 0 aliphatic rings. The number of benzene rings is 2. The third-order valence-corrected chi connectivity index (χ3v) is 6.01. The molecule has 164 valence electrons. The monoisotopic (exact) mass is 465 g/mol. The molecule has 2 aromatic carbocycles. The minimum Gasteiger partial charge on any atom is -0.435 e. The van der Waals surface area contributed by atoms with Crippen LogP contribution in [0.25, 0.3) is 11.4 Å². The molecule has 0 spiro atoms. The lowest BCUT2D eigenvalue weighted by atomic mass is 10.2. The maximum Gasteiger partial charge on any atom is 0.387 e. The molecule has 3 N–H and O–H groups in total. The maximum atomic E-state index is 12.2. The second-order valence-corrected chi connectivity index (χ2v) is 8.49. The van der Waals surface area contributed by atoms with Gasteiger partial charge in [-0.3, -0.25) is 4.79 Å². The van der Waals surface area contributed by atoms with E-state index in [1.54, 1.807) is 23.9 Å². The molecule has 0 bridgehead atoms. The molecule has 0 unspecified atom stereocenters. The van der Waals surface area contributed by atoms with Gasteiger partial charge in [0.15, 0.2) is 5.82 Å². The van der Waals surface area contributed by atoms with E-state index in [1.165, 1.54) is 22.4 Å². The summed E-state index contributed by atoms with van der Waals surface area (Å²) in [6.45, 7) is -0.302. The fourth-order valence-electron chi connectivity index (χ4n) is 2.53. The van der Waals surface area contributed by atoms with E-state index >= 15 is 0 Å². The number of rotatable bonds is 10. The minimum atomic E-state index is -2.89. The van der Waals surface area contributed by atoms with E-state index in [1.807, 2.05) is 6.92 Å². The number of hydrogen-bond donors (Lipinski definition) is 2. The van der Waals surface area contributed by atoms with Crippen LogP contribution in [0.4, 0.5) is 8.78 Å². The molecule has 3 rings (SSSR count). The Labute approximate surface area is 186 Å². The quantitative estimate of drug-likeness (QED) is 0.269. The highest BCUT2D eigenvalue weighted by Gasteiger charge is 2.14. The van der Waals surface area contributed by atoms with Crippen LogP contribution in [0.1, 0.15) is 5.56 Å². The number of thioether (sulfide) groups is 2. The zero-order chi connectivity index (χ0) is 22.2. The first-order valence-electron chi connectivity index (χ1n) is 9.27. The Balaban J connectivity index is 1.44. The van der Waals surface area contributed by atoms with Crippen molar-refractivity contribution >= 4 is 29.4 Å². The van der Waals surface area contributed by atoms with Crippen LogP contribution in [0, 0.1) is 6.92 Å². The Kier molecular flexibility index (Phi) is 8.13. The molecule has 0 aliphatic heterocycles. The average molecular weight is 466 g/mol. The molecule has 0 saturated carbocycles. The van der Waals surface area contributed by atoms with E-state index in [4.69, 9.17) is 5.84 Å². The number of aromatic nitrogens is 3. The van der Waals surface area contributed by atoms with Crippen LogP contribution in [0.15, 0.2) is 58.6 Å². The molecule has 1 heterocycles.